The zero-order valence-electron chi connectivity index (χ0n) is 14.2. The molecule has 26 heavy (non-hydrogen) atoms. The number of carbonyl (C=O) groups is 1. The van der Waals surface area contributed by atoms with E-state index in [-0.39, 0.29) is 23.5 Å². The van der Waals surface area contributed by atoms with Gasteiger partial charge in [-0.25, -0.2) is 4.39 Å². The molecule has 0 aliphatic carbocycles. The van der Waals surface area contributed by atoms with Gasteiger partial charge in [0.1, 0.15) is 17.5 Å². The van der Waals surface area contributed by atoms with E-state index in [1.807, 2.05) is 0 Å². The number of amidine groups is 1. The zero-order chi connectivity index (χ0) is 18.3. The average Bonchev–Trinajstić information content (AvgIpc) is 2.66. The van der Waals surface area contributed by atoms with E-state index in [4.69, 9.17) is 14.2 Å². The summed E-state index contributed by atoms with van der Waals surface area (Å²) in [4.78, 5) is 21.0. The van der Waals surface area contributed by atoms with Gasteiger partial charge in [0.2, 0.25) is 5.90 Å². The van der Waals surface area contributed by atoms with Crippen molar-refractivity contribution in [2.24, 2.45) is 15.9 Å². The highest BCUT2D eigenvalue weighted by Crippen LogP contribution is 2.33. The van der Waals surface area contributed by atoms with Crippen molar-refractivity contribution in [1.82, 2.24) is 0 Å². The predicted octanol–water partition coefficient (Wildman–Crippen LogP) is 2.78. The molecule has 0 saturated heterocycles. The molecule has 2 heterocycles. The monoisotopic (exact) mass is 354 g/mol. The van der Waals surface area contributed by atoms with Crippen LogP contribution in [0.2, 0.25) is 0 Å². The highest BCUT2D eigenvalue weighted by Gasteiger charge is 2.36. The fourth-order valence-corrected chi connectivity index (χ4v) is 3.01. The number of benzene rings is 2. The first-order chi connectivity index (χ1) is 12.6. The molecule has 132 valence electrons. The number of nitrogens with zero attached hydrogens (tertiary/aromatic N) is 2. The fourth-order valence-electron chi connectivity index (χ4n) is 3.01. The molecule has 2 aliphatic heterocycles. The van der Waals surface area contributed by atoms with E-state index in [9.17, 15) is 9.18 Å². The van der Waals surface area contributed by atoms with Gasteiger partial charge < -0.3 is 14.2 Å². The van der Waals surface area contributed by atoms with Crippen molar-refractivity contribution in [3.05, 3.63) is 53.3 Å². The minimum absolute atomic E-state index is 0.243. The topological polar surface area (TPSA) is 69.5 Å². The van der Waals surface area contributed by atoms with E-state index >= 15 is 0 Å². The molecule has 1 unspecified atom stereocenters. The summed E-state index contributed by atoms with van der Waals surface area (Å²) in [5.74, 6) is 0.722. The van der Waals surface area contributed by atoms with Crippen molar-refractivity contribution in [2.75, 3.05) is 14.2 Å². The minimum Gasteiger partial charge on any atom is -0.493 e. The molecule has 0 aromatic heterocycles. The first-order valence-electron chi connectivity index (χ1n) is 7.99. The van der Waals surface area contributed by atoms with Gasteiger partial charge in [-0.3, -0.25) is 4.79 Å². The predicted molar refractivity (Wildman–Crippen MR) is 92.7 cm³/mol. The SMILES string of the molecule is COc1ccc(C2=NC(=O)C3Cc4cc(F)ccc4OC3=N2)cc1OC. The van der Waals surface area contributed by atoms with E-state index in [1.165, 1.54) is 25.3 Å². The van der Waals surface area contributed by atoms with Crippen molar-refractivity contribution in [1.29, 1.82) is 0 Å². The van der Waals surface area contributed by atoms with Crippen LogP contribution in [0.15, 0.2) is 46.4 Å². The number of aliphatic imine (C=N–C) groups is 2. The molecule has 2 aromatic rings. The van der Waals surface area contributed by atoms with E-state index < -0.39 is 5.92 Å². The van der Waals surface area contributed by atoms with E-state index in [0.29, 0.717) is 34.8 Å². The first-order valence-corrected chi connectivity index (χ1v) is 7.99. The summed E-state index contributed by atoms with van der Waals surface area (Å²) in [5, 5.41) is 0. The minimum atomic E-state index is -0.631. The summed E-state index contributed by atoms with van der Waals surface area (Å²) in [5.41, 5.74) is 1.24. The maximum Gasteiger partial charge on any atom is 0.260 e. The Labute approximate surface area is 148 Å². The van der Waals surface area contributed by atoms with Gasteiger partial charge in [0, 0.05) is 5.56 Å². The van der Waals surface area contributed by atoms with E-state index in [0.717, 1.165) is 0 Å². The maximum absolute atomic E-state index is 13.4. The molecule has 0 saturated carbocycles. The van der Waals surface area contributed by atoms with Crippen LogP contribution < -0.4 is 14.2 Å². The Bertz CT molecular complexity index is 968. The summed E-state index contributed by atoms with van der Waals surface area (Å²) in [6.07, 6.45) is 0.313. The van der Waals surface area contributed by atoms with Crippen molar-refractivity contribution < 1.29 is 23.4 Å². The van der Waals surface area contributed by atoms with Gasteiger partial charge in [0.25, 0.3) is 5.91 Å². The summed E-state index contributed by atoms with van der Waals surface area (Å²) in [6, 6.07) is 9.37. The van der Waals surface area contributed by atoms with Crippen LogP contribution in [-0.4, -0.2) is 31.9 Å². The molecule has 1 amide bonds. The number of hydrogen-bond donors (Lipinski definition) is 0. The molecule has 0 fully saturated rings. The normalized spacial score (nSPS) is 18.1. The highest BCUT2D eigenvalue weighted by molar-refractivity contribution is 6.19. The molecule has 7 heteroatoms. The van der Waals surface area contributed by atoms with Crippen LogP contribution in [0.5, 0.6) is 17.2 Å². The van der Waals surface area contributed by atoms with Gasteiger partial charge in [-0.2, -0.15) is 9.98 Å². The third-order valence-corrected chi connectivity index (χ3v) is 4.33. The van der Waals surface area contributed by atoms with Crippen LogP contribution in [0, 0.1) is 11.7 Å². The number of ether oxygens (including phenoxy) is 3. The maximum atomic E-state index is 13.4. The molecule has 2 aliphatic rings. The number of amides is 1. The molecule has 0 bridgehead atoms. The van der Waals surface area contributed by atoms with Gasteiger partial charge in [-0.15, -0.1) is 0 Å². The molecule has 6 nitrogen and oxygen atoms in total. The Balaban J connectivity index is 1.71. The number of hydrogen-bond acceptors (Lipinski definition) is 5. The quantitative estimate of drug-likeness (QED) is 0.850. The molecule has 1 atom stereocenters. The van der Waals surface area contributed by atoms with Crippen molar-refractivity contribution >= 4 is 17.6 Å². The van der Waals surface area contributed by atoms with Crippen LogP contribution in [0.3, 0.4) is 0 Å². The summed E-state index contributed by atoms with van der Waals surface area (Å²) >= 11 is 0. The van der Waals surface area contributed by atoms with Crippen molar-refractivity contribution in [2.45, 2.75) is 6.42 Å². The molecule has 0 radical (unpaired) electrons. The van der Waals surface area contributed by atoms with Crippen LogP contribution >= 0.6 is 0 Å². The Hall–Kier alpha value is -3.22. The standard InChI is InChI=1S/C19H15FN2O4/c1-24-15-5-3-10(9-16(15)25-2)17-21-18(23)13-8-11-7-12(20)4-6-14(11)26-19(13)22-17/h3-7,9,13H,8H2,1-2H3. The van der Waals surface area contributed by atoms with Crippen molar-refractivity contribution in [3.63, 3.8) is 0 Å². The third kappa shape index (κ3) is 2.71. The lowest BCUT2D eigenvalue weighted by atomic mass is 9.94. The number of methoxy groups -OCH3 is 2. The van der Waals surface area contributed by atoms with Gasteiger partial charge >= 0.3 is 0 Å². The number of carbonyl (C=O) groups excluding carboxylic acids is 1. The Morgan fingerprint density at radius 2 is 1.88 bits per heavy atom. The summed E-state index contributed by atoms with van der Waals surface area (Å²) < 4.78 is 29.6. The lowest BCUT2D eigenvalue weighted by Crippen LogP contribution is -2.37. The van der Waals surface area contributed by atoms with Crippen LogP contribution in [0.1, 0.15) is 11.1 Å². The largest absolute Gasteiger partial charge is 0.493 e. The van der Waals surface area contributed by atoms with Crippen molar-refractivity contribution in [3.8, 4) is 17.2 Å². The van der Waals surface area contributed by atoms with Gasteiger partial charge in [0.15, 0.2) is 17.3 Å². The number of rotatable bonds is 3. The molecule has 2 aromatic carbocycles. The molecule has 4 rings (SSSR count). The molecule has 0 spiro atoms. The molecular formula is C19H15FN2O4. The van der Waals surface area contributed by atoms with Gasteiger partial charge in [0.05, 0.1) is 14.2 Å². The number of halogens is 1. The second-order valence-electron chi connectivity index (χ2n) is 5.90. The zero-order valence-corrected chi connectivity index (χ0v) is 14.2. The smallest absolute Gasteiger partial charge is 0.260 e. The Morgan fingerprint density at radius 3 is 2.65 bits per heavy atom. The van der Waals surface area contributed by atoms with Crippen LogP contribution in [-0.2, 0) is 11.2 Å². The Morgan fingerprint density at radius 1 is 1.08 bits per heavy atom. The highest BCUT2D eigenvalue weighted by atomic mass is 19.1. The lowest BCUT2D eigenvalue weighted by molar-refractivity contribution is -0.120. The van der Waals surface area contributed by atoms with E-state index in [1.54, 1.807) is 25.3 Å². The second kappa shape index (κ2) is 6.25. The van der Waals surface area contributed by atoms with Gasteiger partial charge in [-0.05, 0) is 48.4 Å². The third-order valence-electron chi connectivity index (χ3n) is 4.33. The second-order valence-corrected chi connectivity index (χ2v) is 5.90. The number of fused-ring (bicyclic) bond motifs is 2. The average molecular weight is 354 g/mol. The molecular weight excluding hydrogens is 339 g/mol. The fraction of sp³-hybridized carbons (Fsp3) is 0.211. The lowest BCUT2D eigenvalue weighted by Gasteiger charge is -2.26. The van der Waals surface area contributed by atoms with Gasteiger partial charge in [-0.1, -0.05) is 0 Å². The molecule has 0 N–H and O–H groups in total. The van der Waals surface area contributed by atoms with Crippen LogP contribution in [0.4, 0.5) is 4.39 Å². The van der Waals surface area contributed by atoms with E-state index in [2.05, 4.69) is 9.98 Å². The Kier molecular flexibility index (Phi) is 3.91. The first kappa shape index (κ1) is 16.3. The summed E-state index contributed by atoms with van der Waals surface area (Å²) in [6.45, 7) is 0. The summed E-state index contributed by atoms with van der Waals surface area (Å²) in [7, 11) is 3.07. The van der Waals surface area contributed by atoms with Crippen LogP contribution in [0.25, 0.3) is 0 Å².